The number of phenolic OH excluding ortho intramolecular Hbond substituents is 1. The molecule has 20 heavy (non-hydrogen) atoms. The molecule has 1 aromatic rings. The monoisotopic (exact) mass is 277 g/mol. The number of rotatable bonds is 3. The van der Waals surface area contributed by atoms with Crippen LogP contribution in [0.5, 0.6) is 5.75 Å². The Hall–Kier alpha value is -1.55. The van der Waals surface area contributed by atoms with Crippen LogP contribution in [0.25, 0.3) is 0 Å². The molecule has 0 radical (unpaired) electrons. The highest BCUT2D eigenvalue weighted by Gasteiger charge is 2.22. The molecule has 0 amide bonds. The Morgan fingerprint density at radius 2 is 2.20 bits per heavy atom. The molecule has 4 nitrogen and oxygen atoms in total. The third-order valence-electron chi connectivity index (χ3n) is 3.35. The summed E-state index contributed by atoms with van der Waals surface area (Å²) < 4.78 is 5.29. The summed E-state index contributed by atoms with van der Waals surface area (Å²) in [6, 6.07) is 5.62. The summed E-state index contributed by atoms with van der Waals surface area (Å²) in [4.78, 5) is 11.7. The molecule has 0 aromatic heterocycles. The van der Waals surface area contributed by atoms with Gasteiger partial charge in [0.1, 0.15) is 11.4 Å². The maximum absolute atomic E-state index is 11.7. The Morgan fingerprint density at radius 1 is 1.45 bits per heavy atom. The van der Waals surface area contributed by atoms with Crippen molar-refractivity contribution in [1.82, 2.24) is 5.32 Å². The van der Waals surface area contributed by atoms with Crippen molar-refractivity contribution in [3.8, 4) is 5.75 Å². The molecule has 0 fully saturated rings. The van der Waals surface area contributed by atoms with Crippen molar-refractivity contribution in [3.63, 3.8) is 0 Å². The topological polar surface area (TPSA) is 58.6 Å². The van der Waals surface area contributed by atoms with Gasteiger partial charge in [-0.25, -0.2) is 0 Å². The van der Waals surface area contributed by atoms with Gasteiger partial charge in [-0.15, -0.1) is 0 Å². The van der Waals surface area contributed by atoms with Crippen molar-refractivity contribution in [1.29, 1.82) is 0 Å². The summed E-state index contributed by atoms with van der Waals surface area (Å²) in [5, 5.41) is 12.8. The van der Waals surface area contributed by atoms with Gasteiger partial charge < -0.3 is 15.2 Å². The quantitative estimate of drug-likeness (QED) is 0.834. The Morgan fingerprint density at radius 3 is 2.90 bits per heavy atom. The highest BCUT2D eigenvalue weighted by atomic mass is 16.6. The number of benzene rings is 1. The van der Waals surface area contributed by atoms with Crippen molar-refractivity contribution < 1.29 is 14.6 Å². The number of phenols is 1. The van der Waals surface area contributed by atoms with Gasteiger partial charge in [0.05, 0.1) is 6.54 Å². The highest BCUT2D eigenvalue weighted by molar-refractivity contribution is 5.72. The molecule has 0 spiro atoms. The molecule has 0 aliphatic heterocycles. The van der Waals surface area contributed by atoms with E-state index in [9.17, 15) is 9.90 Å². The molecule has 0 saturated heterocycles. The van der Waals surface area contributed by atoms with Crippen LogP contribution >= 0.6 is 0 Å². The van der Waals surface area contributed by atoms with Crippen molar-refractivity contribution >= 4 is 5.97 Å². The van der Waals surface area contributed by atoms with E-state index in [1.807, 2.05) is 32.9 Å². The van der Waals surface area contributed by atoms with E-state index in [0.717, 1.165) is 24.8 Å². The summed E-state index contributed by atoms with van der Waals surface area (Å²) in [5.41, 5.74) is 1.89. The number of ether oxygens (including phenoxy) is 1. The molecule has 1 atom stereocenters. The van der Waals surface area contributed by atoms with Crippen molar-refractivity contribution in [2.45, 2.75) is 51.7 Å². The third kappa shape index (κ3) is 3.97. The van der Waals surface area contributed by atoms with Crippen molar-refractivity contribution in [3.05, 3.63) is 29.3 Å². The largest absolute Gasteiger partial charge is 0.508 e. The van der Waals surface area contributed by atoms with E-state index in [2.05, 4.69) is 5.32 Å². The van der Waals surface area contributed by atoms with Crippen LogP contribution in [0.15, 0.2) is 18.2 Å². The fourth-order valence-corrected chi connectivity index (χ4v) is 2.60. The van der Waals surface area contributed by atoms with Crippen molar-refractivity contribution in [2.75, 3.05) is 6.54 Å². The van der Waals surface area contributed by atoms with Gasteiger partial charge in [-0.05, 0) is 63.3 Å². The second-order valence-electron chi connectivity index (χ2n) is 6.30. The minimum absolute atomic E-state index is 0.159. The van der Waals surface area contributed by atoms with E-state index in [4.69, 9.17) is 4.74 Å². The number of aromatic hydroxyl groups is 1. The minimum atomic E-state index is -0.449. The standard InChI is InChI=1S/C16H23NO3/c1-16(2,3)20-15(19)10-17-14-6-4-5-11-9-12(18)7-8-13(11)14/h7-9,14,17-18H,4-6,10H2,1-3H3. The van der Waals surface area contributed by atoms with Gasteiger partial charge in [-0.1, -0.05) is 6.07 Å². The van der Waals surface area contributed by atoms with E-state index in [1.54, 1.807) is 6.07 Å². The second-order valence-corrected chi connectivity index (χ2v) is 6.30. The molecule has 2 rings (SSSR count). The minimum Gasteiger partial charge on any atom is -0.508 e. The third-order valence-corrected chi connectivity index (χ3v) is 3.35. The maximum Gasteiger partial charge on any atom is 0.320 e. The predicted octanol–water partition coefficient (Wildman–Crippen LogP) is 2.70. The van der Waals surface area contributed by atoms with Gasteiger partial charge in [0.25, 0.3) is 0 Å². The number of carbonyl (C=O) groups is 1. The molecule has 0 bridgehead atoms. The molecular formula is C16H23NO3. The van der Waals surface area contributed by atoms with Crippen LogP contribution in [0, 0.1) is 0 Å². The molecule has 0 saturated carbocycles. The van der Waals surface area contributed by atoms with Crippen LogP contribution in [0.1, 0.15) is 50.8 Å². The average Bonchev–Trinajstić information content (AvgIpc) is 2.33. The fraction of sp³-hybridized carbons (Fsp3) is 0.562. The van der Waals surface area contributed by atoms with Gasteiger partial charge in [0.15, 0.2) is 0 Å². The number of esters is 1. The molecule has 110 valence electrons. The summed E-state index contributed by atoms with van der Waals surface area (Å²) in [7, 11) is 0. The first-order valence-corrected chi connectivity index (χ1v) is 7.12. The lowest BCUT2D eigenvalue weighted by Gasteiger charge is -2.27. The lowest BCUT2D eigenvalue weighted by Crippen LogP contribution is -2.34. The van der Waals surface area contributed by atoms with Crippen LogP contribution in [0.4, 0.5) is 0 Å². The lowest BCUT2D eigenvalue weighted by atomic mass is 9.87. The summed E-state index contributed by atoms with van der Waals surface area (Å²) in [6.45, 7) is 5.80. The number of carbonyl (C=O) groups excluding carboxylic acids is 1. The molecular weight excluding hydrogens is 254 g/mol. The number of aryl methyl sites for hydroxylation is 1. The second kappa shape index (κ2) is 5.83. The molecule has 1 aliphatic rings. The van der Waals surface area contributed by atoms with Gasteiger partial charge in [-0.2, -0.15) is 0 Å². The Labute approximate surface area is 120 Å². The van der Waals surface area contributed by atoms with Gasteiger partial charge in [-0.3, -0.25) is 4.79 Å². The van der Waals surface area contributed by atoms with E-state index in [1.165, 1.54) is 5.56 Å². The van der Waals surface area contributed by atoms with Crippen LogP contribution in [-0.2, 0) is 16.0 Å². The zero-order chi connectivity index (χ0) is 14.8. The van der Waals surface area contributed by atoms with Crippen LogP contribution in [0.2, 0.25) is 0 Å². The number of hydrogen-bond donors (Lipinski definition) is 2. The number of hydrogen-bond acceptors (Lipinski definition) is 4. The van der Waals surface area contributed by atoms with Crippen LogP contribution < -0.4 is 5.32 Å². The molecule has 2 N–H and O–H groups in total. The Kier molecular flexibility index (Phi) is 4.33. The highest BCUT2D eigenvalue weighted by Crippen LogP contribution is 2.31. The molecule has 1 unspecified atom stereocenters. The average molecular weight is 277 g/mol. The first kappa shape index (κ1) is 14.9. The molecule has 1 aliphatic carbocycles. The van der Waals surface area contributed by atoms with E-state index >= 15 is 0 Å². The van der Waals surface area contributed by atoms with E-state index in [-0.39, 0.29) is 18.6 Å². The van der Waals surface area contributed by atoms with E-state index in [0.29, 0.717) is 5.75 Å². The molecule has 1 aromatic carbocycles. The normalized spacial score (nSPS) is 18.4. The first-order chi connectivity index (χ1) is 9.35. The van der Waals surface area contributed by atoms with Gasteiger partial charge in [0.2, 0.25) is 0 Å². The zero-order valence-corrected chi connectivity index (χ0v) is 12.4. The lowest BCUT2D eigenvalue weighted by molar-refractivity contribution is -0.153. The Bertz CT molecular complexity index is 491. The van der Waals surface area contributed by atoms with Gasteiger partial charge in [0, 0.05) is 6.04 Å². The molecule has 4 heteroatoms. The fourth-order valence-electron chi connectivity index (χ4n) is 2.60. The Balaban J connectivity index is 1.97. The van der Waals surface area contributed by atoms with Gasteiger partial charge >= 0.3 is 5.97 Å². The number of fused-ring (bicyclic) bond motifs is 1. The van der Waals surface area contributed by atoms with Crippen LogP contribution in [-0.4, -0.2) is 23.2 Å². The number of nitrogens with one attached hydrogen (secondary N) is 1. The summed E-state index contributed by atoms with van der Waals surface area (Å²) >= 11 is 0. The predicted molar refractivity (Wildman–Crippen MR) is 77.6 cm³/mol. The zero-order valence-electron chi connectivity index (χ0n) is 12.4. The maximum atomic E-state index is 11.7. The van der Waals surface area contributed by atoms with Crippen LogP contribution in [0.3, 0.4) is 0 Å². The smallest absolute Gasteiger partial charge is 0.320 e. The first-order valence-electron chi connectivity index (χ1n) is 7.12. The SMILES string of the molecule is CC(C)(C)OC(=O)CNC1CCCc2cc(O)ccc21. The van der Waals surface area contributed by atoms with Crippen molar-refractivity contribution in [2.24, 2.45) is 0 Å². The van der Waals surface area contributed by atoms with E-state index < -0.39 is 5.60 Å². The summed E-state index contributed by atoms with van der Waals surface area (Å²) in [5.74, 6) is 0.0694. The summed E-state index contributed by atoms with van der Waals surface area (Å²) in [6.07, 6.45) is 3.04. The molecule has 0 heterocycles.